The zero-order valence-electron chi connectivity index (χ0n) is 18.1. The first-order chi connectivity index (χ1) is 15.2. The third-order valence-corrected chi connectivity index (χ3v) is 8.21. The summed E-state index contributed by atoms with van der Waals surface area (Å²) >= 11 is 6.15. The number of hydrogen-bond donors (Lipinski definition) is 0. The number of anilines is 1. The molecule has 0 aromatic heterocycles. The molecule has 0 N–H and O–H groups in total. The van der Waals surface area contributed by atoms with Gasteiger partial charge in [0.2, 0.25) is 11.8 Å². The lowest BCUT2D eigenvalue weighted by atomic mass is 10.1. The topological polar surface area (TPSA) is 78.0 Å². The van der Waals surface area contributed by atoms with Gasteiger partial charge in [0.05, 0.1) is 4.90 Å². The van der Waals surface area contributed by atoms with E-state index >= 15 is 0 Å². The van der Waals surface area contributed by atoms with E-state index in [9.17, 15) is 18.0 Å². The Hall–Kier alpha value is -2.58. The second-order valence-electron chi connectivity index (χ2n) is 8.31. The van der Waals surface area contributed by atoms with Crippen molar-refractivity contribution in [1.82, 2.24) is 9.21 Å². The fraction of sp³-hybridized carbons (Fsp3) is 0.391. The van der Waals surface area contributed by atoms with Gasteiger partial charge in [0.15, 0.2) is 0 Å². The van der Waals surface area contributed by atoms with E-state index in [1.54, 1.807) is 17.0 Å². The molecule has 2 fully saturated rings. The maximum Gasteiger partial charge on any atom is 0.267 e. The highest BCUT2D eigenvalue weighted by molar-refractivity contribution is 7.89. The molecule has 0 bridgehead atoms. The summed E-state index contributed by atoms with van der Waals surface area (Å²) in [4.78, 5) is 29.7. The number of piperazine rings is 1. The largest absolute Gasteiger partial charge is 0.368 e. The van der Waals surface area contributed by atoms with Crippen LogP contribution in [-0.2, 0) is 19.6 Å². The molecule has 1 atom stereocenters. The number of aryl methyl sites for hydroxylation is 2. The van der Waals surface area contributed by atoms with Gasteiger partial charge in [-0.2, -0.15) is 0 Å². The Morgan fingerprint density at radius 2 is 1.66 bits per heavy atom. The fourth-order valence-corrected chi connectivity index (χ4v) is 6.08. The summed E-state index contributed by atoms with van der Waals surface area (Å²) in [6.07, 6.45) is 0.250. The van der Waals surface area contributed by atoms with Crippen LogP contribution >= 0.6 is 11.6 Å². The van der Waals surface area contributed by atoms with Gasteiger partial charge < -0.3 is 9.80 Å². The number of halogens is 1. The lowest BCUT2D eigenvalue weighted by Crippen LogP contribution is -2.55. The van der Waals surface area contributed by atoms with Crippen LogP contribution in [0.15, 0.2) is 47.4 Å². The summed E-state index contributed by atoms with van der Waals surface area (Å²) in [6, 6.07) is 11.1. The van der Waals surface area contributed by atoms with Crippen molar-refractivity contribution in [3.63, 3.8) is 0 Å². The first kappa shape index (κ1) is 22.6. The highest BCUT2D eigenvalue weighted by atomic mass is 35.5. The smallest absolute Gasteiger partial charge is 0.267 e. The second-order valence-corrected chi connectivity index (χ2v) is 10.6. The minimum absolute atomic E-state index is 0.0254. The van der Waals surface area contributed by atoms with Crippen molar-refractivity contribution in [3.05, 3.63) is 58.6 Å². The Kier molecular flexibility index (Phi) is 6.18. The van der Waals surface area contributed by atoms with Crippen LogP contribution < -0.4 is 4.90 Å². The van der Waals surface area contributed by atoms with Gasteiger partial charge in [0.1, 0.15) is 6.04 Å². The van der Waals surface area contributed by atoms with Crippen LogP contribution in [0.2, 0.25) is 5.02 Å². The van der Waals surface area contributed by atoms with Crippen molar-refractivity contribution >= 4 is 39.1 Å². The van der Waals surface area contributed by atoms with E-state index in [4.69, 9.17) is 11.6 Å². The standard InChI is InChI=1S/C23H26ClN3O4S/c1-16-3-7-19(8-4-16)32(30,31)27-20(9-10-22(27)28)23(29)26-13-11-25(12-14-26)21-15-18(24)6-5-17(21)2/h3-8,15,20H,9-14H2,1-2H3/t20-/m0/s1. The normalized spacial score (nSPS) is 19.5. The van der Waals surface area contributed by atoms with Crippen molar-refractivity contribution < 1.29 is 18.0 Å². The molecule has 7 nitrogen and oxygen atoms in total. The van der Waals surface area contributed by atoms with Crippen molar-refractivity contribution in [2.24, 2.45) is 0 Å². The van der Waals surface area contributed by atoms with Crippen molar-refractivity contribution in [3.8, 4) is 0 Å². The molecule has 0 spiro atoms. The first-order valence-corrected chi connectivity index (χ1v) is 12.4. The van der Waals surface area contributed by atoms with Crippen molar-refractivity contribution in [2.75, 3.05) is 31.1 Å². The Morgan fingerprint density at radius 1 is 1.00 bits per heavy atom. The van der Waals surface area contributed by atoms with E-state index in [-0.39, 0.29) is 23.6 Å². The molecule has 2 aliphatic heterocycles. The van der Waals surface area contributed by atoms with Crippen LogP contribution in [-0.4, -0.2) is 61.7 Å². The molecule has 0 aliphatic carbocycles. The number of carbonyl (C=O) groups excluding carboxylic acids is 2. The van der Waals surface area contributed by atoms with Crippen LogP contribution in [0.5, 0.6) is 0 Å². The highest BCUT2D eigenvalue weighted by Gasteiger charge is 2.45. The van der Waals surface area contributed by atoms with Crippen LogP contribution in [0.3, 0.4) is 0 Å². The lowest BCUT2D eigenvalue weighted by molar-refractivity contribution is -0.138. The van der Waals surface area contributed by atoms with E-state index in [1.807, 2.05) is 32.0 Å². The average molecular weight is 476 g/mol. The Morgan fingerprint density at radius 3 is 2.31 bits per heavy atom. The van der Waals surface area contributed by atoms with Crippen LogP contribution in [0, 0.1) is 13.8 Å². The van der Waals surface area contributed by atoms with E-state index in [1.165, 1.54) is 12.1 Å². The van der Waals surface area contributed by atoms with E-state index < -0.39 is 22.0 Å². The maximum atomic E-state index is 13.3. The summed E-state index contributed by atoms with van der Waals surface area (Å²) in [6.45, 7) is 5.99. The quantitative estimate of drug-likeness (QED) is 0.679. The molecule has 0 unspecified atom stereocenters. The van der Waals surface area contributed by atoms with E-state index in [0.717, 1.165) is 21.1 Å². The van der Waals surface area contributed by atoms with E-state index in [2.05, 4.69) is 4.90 Å². The summed E-state index contributed by atoms with van der Waals surface area (Å²) in [5, 5.41) is 0.658. The van der Waals surface area contributed by atoms with Gasteiger partial charge in [-0.3, -0.25) is 9.59 Å². The first-order valence-electron chi connectivity index (χ1n) is 10.6. The average Bonchev–Trinajstić information content (AvgIpc) is 3.17. The number of rotatable bonds is 4. The number of sulfonamides is 1. The van der Waals surface area contributed by atoms with Crippen molar-refractivity contribution in [1.29, 1.82) is 0 Å². The minimum Gasteiger partial charge on any atom is -0.368 e. The third-order valence-electron chi connectivity index (χ3n) is 6.13. The molecule has 2 heterocycles. The van der Waals surface area contributed by atoms with Gasteiger partial charge in [-0.05, 0) is 50.1 Å². The Balaban J connectivity index is 1.50. The molecular weight excluding hydrogens is 450 g/mol. The molecule has 2 aromatic carbocycles. The molecule has 4 rings (SSSR count). The molecule has 2 amide bonds. The number of nitrogens with zero attached hydrogens (tertiary/aromatic N) is 3. The van der Waals surface area contributed by atoms with Gasteiger partial charge in [-0.15, -0.1) is 0 Å². The zero-order valence-corrected chi connectivity index (χ0v) is 19.7. The SMILES string of the molecule is Cc1ccc(S(=O)(=O)N2C(=O)CC[C@H]2C(=O)N2CCN(c3cc(Cl)ccc3C)CC2)cc1. The minimum atomic E-state index is -4.09. The fourth-order valence-electron chi connectivity index (χ4n) is 4.31. The molecule has 170 valence electrons. The maximum absolute atomic E-state index is 13.3. The van der Waals surface area contributed by atoms with Gasteiger partial charge in [-0.1, -0.05) is 35.4 Å². The lowest BCUT2D eigenvalue weighted by Gasteiger charge is -2.38. The summed E-state index contributed by atoms with van der Waals surface area (Å²) in [7, 11) is -4.09. The summed E-state index contributed by atoms with van der Waals surface area (Å²) in [5.74, 6) is -0.842. The van der Waals surface area contributed by atoms with Crippen LogP contribution in [0.25, 0.3) is 0 Å². The molecule has 2 aliphatic rings. The molecule has 2 aromatic rings. The predicted octanol–water partition coefficient (Wildman–Crippen LogP) is 2.99. The number of carbonyl (C=O) groups is 2. The Bertz CT molecular complexity index is 1140. The zero-order chi connectivity index (χ0) is 23.0. The van der Waals surface area contributed by atoms with Gasteiger partial charge >= 0.3 is 0 Å². The van der Waals surface area contributed by atoms with Gasteiger partial charge in [-0.25, -0.2) is 12.7 Å². The van der Waals surface area contributed by atoms with Crippen LogP contribution in [0.4, 0.5) is 5.69 Å². The van der Waals surface area contributed by atoms with Gasteiger partial charge in [0.25, 0.3) is 10.0 Å². The molecule has 0 radical (unpaired) electrons. The third kappa shape index (κ3) is 4.21. The summed E-state index contributed by atoms with van der Waals surface area (Å²) < 4.78 is 27.1. The molecule has 32 heavy (non-hydrogen) atoms. The number of benzene rings is 2. The van der Waals surface area contributed by atoms with Crippen LogP contribution in [0.1, 0.15) is 24.0 Å². The van der Waals surface area contributed by atoms with E-state index in [0.29, 0.717) is 31.2 Å². The number of hydrogen-bond acceptors (Lipinski definition) is 5. The highest BCUT2D eigenvalue weighted by Crippen LogP contribution is 2.30. The molecular formula is C23H26ClN3O4S. The van der Waals surface area contributed by atoms with Gasteiger partial charge in [0, 0.05) is 43.3 Å². The predicted molar refractivity (Wildman–Crippen MR) is 123 cm³/mol. The Labute approximate surface area is 193 Å². The molecule has 0 saturated carbocycles. The molecule has 2 saturated heterocycles. The summed E-state index contributed by atoms with van der Waals surface area (Å²) in [5.41, 5.74) is 3.05. The molecule has 9 heteroatoms. The second kappa shape index (κ2) is 8.75. The monoisotopic (exact) mass is 475 g/mol. The van der Waals surface area contributed by atoms with Crippen molar-refractivity contribution in [2.45, 2.75) is 37.6 Å². The number of amides is 2.